The predicted octanol–water partition coefficient (Wildman–Crippen LogP) is 8.27. The molecule has 0 saturated heterocycles. The van der Waals surface area contributed by atoms with Crippen molar-refractivity contribution in [3.63, 3.8) is 0 Å². The molecule has 2 aliphatic rings. The van der Waals surface area contributed by atoms with Crippen LogP contribution in [0, 0.1) is 11.8 Å². The van der Waals surface area contributed by atoms with Gasteiger partial charge in [-0.2, -0.15) is 0 Å². The molecule has 2 aliphatic carbocycles. The zero-order valence-corrected chi connectivity index (χ0v) is 21.4. The van der Waals surface area contributed by atoms with Crippen molar-refractivity contribution in [2.75, 3.05) is 0 Å². The maximum Gasteiger partial charge on any atom is 0.0447 e. The molecule has 2 nitrogen and oxygen atoms in total. The van der Waals surface area contributed by atoms with Gasteiger partial charge in [-0.1, -0.05) is 76.3 Å². The first-order chi connectivity index (χ1) is 15.9. The van der Waals surface area contributed by atoms with E-state index in [1.165, 1.54) is 22.8 Å². The SMILES string of the molecule is CCC(CC)(c1ccc(C(C)(C)c2ccc(C(CC)(CC)C3C=CC=C3)[nH]2)[nH]1)C1C=CC=C1. The molecule has 0 atom stereocenters. The van der Waals surface area contributed by atoms with Crippen LogP contribution in [0.5, 0.6) is 0 Å². The van der Waals surface area contributed by atoms with Gasteiger partial charge in [0.15, 0.2) is 0 Å². The van der Waals surface area contributed by atoms with E-state index in [1.807, 2.05) is 0 Å². The number of nitrogens with one attached hydrogen (secondary N) is 2. The van der Waals surface area contributed by atoms with Crippen LogP contribution in [0.1, 0.15) is 90.0 Å². The Kier molecular flexibility index (Phi) is 6.49. The highest BCUT2D eigenvalue weighted by Crippen LogP contribution is 2.45. The quantitative estimate of drug-likeness (QED) is 0.371. The van der Waals surface area contributed by atoms with Crippen LogP contribution >= 0.6 is 0 Å². The van der Waals surface area contributed by atoms with Crippen LogP contribution in [0.2, 0.25) is 0 Å². The molecule has 0 amide bonds. The molecule has 0 unspecified atom stereocenters. The van der Waals surface area contributed by atoms with Crippen molar-refractivity contribution in [3.05, 3.63) is 95.6 Å². The molecule has 4 rings (SSSR count). The van der Waals surface area contributed by atoms with Gasteiger partial charge in [0, 0.05) is 50.9 Å². The number of allylic oxidation sites excluding steroid dienone is 8. The highest BCUT2D eigenvalue weighted by atomic mass is 14.8. The van der Waals surface area contributed by atoms with Crippen LogP contribution in [-0.4, -0.2) is 9.97 Å². The van der Waals surface area contributed by atoms with Crippen LogP contribution in [-0.2, 0) is 16.2 Å². The molecule has 0 spiro atoms. The van der Waals surface area contributed by atoms with Gasteiger partial charge in [0.25, 0.3) is 0 Å². The van der Waals surface area contributed by atoms with Crippen LogP contribution in [0.4, 0.5) is 0 Å². The third-order valence-electron chi connectivity index (χ3n) is 9.09. The summed E-state index contributed by atoms with van der Waals surface area (Å²) in [6.45, 7) is 14.0. The summed E-state index contributed by atoms with van der Waals surface area (Å²) < 4.78 is 0. The van der Waals surface area contributed by atoms with E-state index in [0.717, 1.165) is 25.7 Å². The average Bonchev–Trinajstić information content (AvgIpc) is 3.64. The van der Waals surface area contributed by atoms with Crippen molar-refractivity contribution < 1.29 is 0 Å². The summed E-state index contributed by atoms with van der Waals surface area (Å²) in [5, 5.41) is 0. The molecule has 0 saturated carbocycles. The predicted molar refractivity (Wildman–Crippen MR) is 142 cm³/mol. The number of hydrogen-bond acceptors (Lipinski definition) is 0. The Bertz CT molecular complexity index is 952. The topological polar surface area (TPSA) is 31.6 Å². The maximum atomic E-state index is 3.89. The van der Waals surface area contributed by atoms with E-state index >= 15 is 0 Å². The lowest BCUT2D eigenvalue weighted by Gasteiger charge is -2.36. The van der Waals surface area contributed by atoms with Crippen molar-refractivity contribution >= 4 is 0 Å². The minimum Gasteiger partial charge on any atom is -0.361 e. The summed E-state index contributed by atoms with van der Waals surface area (Å²) >= 11 is 0. The largest absolute Gasteiger partial charge is 0.361 e. The molecule has 2 aromatic heterocycles. The van der Waals surface area contributed by atoms with Gasteiger partial charge in [0.2, 0.25) is 0 Å². The average molecular weight is 443 g/mol. The fourth-order valence-corrected chi connectivity index (χ4v) is 6.41. The number of aromatic amines is 2. The minimum absolute atomic E-state index is 0.124. The molecule has 0 aromatic carbocycles. The molecule has 0 aliphatic heterocycles. The molecule has 0 radical (unpaired) electrons. The van der Waals surface area contributed by atoms with Crippen molar-refractivity contribution in [1.82, 2.24) is 9.97 Å². The van der Waals surface area contributed by atoms with E-state index < -0.39 is 0 Å². The van der Waals surface area contributed by atoms with Crippen molar-refractivity contribution in [2.24, 2.45) is 11.8 Å². The summed E-state index contributed by atoms with van der Waals surface area (Å²) in [7, 11) is 0. The molecule has 0 bridgehead atoms. The van der Waals surface area contributed by atoms with Crippen molar-refractivity contribution in [1.29, 1.82) is 0 Å². The zero-order chi connectivity index (χ0) is 23.7. The molecule has 2 aromatic rings. The number of aromatic nitrogens is 2. The van der Waals surface area contributed by atoms with Gasteiger partial charge in [-0.25, -0.2) is 0 Å². The van der Waals surface area contributed by atoms with Crippen molar-refractivity contribution in [3.8, 4) is 0 Å². The van der Waals surface area contributed by atoms with Gasteiger partial charge >= 0.3 is 0 Å². The third kappa shape index (κ3) is 3.72. The second-order valence-corrected chi connectivity index (χ2v) is 10.5. The normalized spacial score (nSPS) is 17.2. The lowest BCUT2D eigenvalue weighted by Crippen LogP contribution is -2.33. The Morgan fingerprint density at radius 2 is 0.848 bits per heavy atom. The zero-order valence-electron chi connectivity index (χ0n) is 21.4. The molecule has 2 heteroatoms. The van der Waals surface area contributed by atoms with Gasteiger partial charge in [-0.15, -0.1) is 0 Å². The second-order valence-electron chi connectivity index (χ2n) is 10.5. The first kappa shape index (κ1) is 23.7. The molecule has 176 valence electrons. The van der Waals surface area contributed by atoms with Crippen LogP contribution in [0.25, 0.3) is 0 Å². The summed E-state index contributed by atoms with van der Waals surface area (Å²) in [5.41, 5.74) is 5.41. The summed E-state index contributed by atoms with van der Waals surface area (Å²) in [4.78, 5) is 7.79. The Morgan fingerprint density at radius 1 is 0.545 bits per heavy atom. The Morgan fingerprint density at radius 3 is 1.15 bits per heavy atom. The van der Waals surface area contributed by atoms with Gasteiger partial charge < -0.3 is 9.97 Å². The monoisotopic (exact) mass is 442 g/mol. The van der Waals surface area contributed by atoms with Crippen LogP contribution in [0.3, 0.4) is 0 Å². The van der Waals surface area contributed by atoms with Gasteiger partial charge in [-0.05, 0) is 63.8 Å². The number of rotatable bonds is 10. The molecular weight excluding hydrogens is 400 g/mol. The summed E-state index contributed by atoms with van der Waals surface area (Å²) in [6.07, 6.45) is 22.7. The number of H-pyrrole nitrogens is 2. The number of hydrogen-bond donors (Lipinski definition) is 2. The van der Waals surface area contributed by atoms with E-state index in [-0.39, 0.29) is 16.2 Å². The van der Waals surface area contributed by atoms with Crippen LogP contribution in [0.15, 0.2) is 72.9 Å². The molecular formula is C31H42N2. The van der Waals surface area contributed by atoms with Crippen LogP contribution < -0.4 is 0 Å². The van der Waals surface area contributed by atoms with E-state index in [2.05, 4.69) is 124 Å². The Balaban J connectivity index is 1.68. The molecule has 2 heterocycles. The van der Waals surface area contributed by atoms with E-state index in [4.69, 9.17) is 0 Å². The van der Waals surface area contributed by atoms with Gasteiger partial charge in [0.1, 0.15) is 0 Å². The first-order valence-electron chi connectivity index (χ1n) is 13.0. The Labute approximate surface area is 201 Å². The minimum atomic E-state index is -0.125. The standard InChI is InChI=1S/C31H42N2/c1-7-30(8-2,23-15-11-12-16-23)27-21-19-25(32-27)29(5,6)26-20-22-28(33-26)31(9-3,10-4)24-17-13-14-18-24/h11-24,32-33H,7-10H2,1-6H3. The first-order valence-corrected chi connectivity index (χ1v) is 13.0. The molecule has 33 heavy (non-hydrogen) atoms. The second kappa shape index (κ2) is 9.05. The van der Waals surface area contributed by atoms with E-state index in [1.54, 1.807) is 0 Å². The van der Waals surface area contributed by atoms with Gasteiger partial charge in [-0.3, -0.25) is 0 Å². The maximum absolute atomic E-state index is 3.89. The van der Waals surface area contributed by atoms with Crippen molar-refractivity contribution in [2.45, 2.75) is 83.5 Å². The fraction of sp³-hybridized carbons (Fsp3) is 0.484. The van der Waals surface area contributed by atoms with E-state index in [0.29, 0.717) is 11.8 Å². The molecule has 2 N–H and O–H groups in total. The summed E-state index contributed by atoms with van der Waals surface area (Å²) in [5.74, 6) is 0.919. The lowest BCUT2D eigenvalue weighted by atomic mass is 9.69. The third-order valence-corrected chi connectivity index (χ3v) is 9.09. The van der Waals surface area contributed by atoms with E-state index in [9.17, 15) is 0 Å². The fourth-order valence-electron chi connectivity index (χ4n) is 6.41. The van der Waals surface area contributed by atoms with Gasteiger partial charge in [0.05, 0.1) is 0 Å². The molecule has 0 fully saturated rings. The highest BCUT2D eigenvalue weighted by molar-refractivity contribution is 5.39. The summed E-state index contributed by atoms with van der Waals surface area (Å²) in [6, 6.07) is 9.30. The highest BCUT2D eigenvalue weighted by Gasteiger charge is 2.40. The Hall–Kier alpha value is -2.48. The smallest absolute Gasteiger partial charge is 0.0447 e. The lowest BCUT2D eigenvalue weighted by molar-refractivity contribution is 0.327.